The normalized spacial score (nSPS) is 14.5. The van der Waals surface area contributed by atoms with Crippen LogP contribution in [0.4, 0.5) is 5.69 Å². The van der Waals surface area contributed by atoms with Gasteiger partial charge >= 0.3 is 0 Å². The number of nitrogens with zero attached hydrogens (tertiary/aromatic N) is 2. The van der Waals surface area contributed by atoms with Gasteiger partial charge in [0, 0.05) is 18.8 Å². The molecule has 1 aromatic rings. The molecule has 0 saturated carbocycles. The van der Waals surface area contributed by atoms with Gasteiger partial charge in [-0.25, -0.2) is 0 Å². The van der Waals surface area contributed by atoms with E-state index in [2.05, 4.69) is 43.0 Å². The van der Waals surface area contributed by atoms with Crippen LogP contribution >= 0.6 is 29.2 Å². The summed E-state index contributed by atoms with van der Waals surface area (Å²) in [4.78, 5) is 4.11. The van der Waals surface area contributed by atoms with Crippen LogP contribution in [0.1, 0.15) is 51.5 Å². The number of rotatable bonds is 2. The minimum Gasteiger partial charge on any atom is -0.349 e. The molecule has 0 amide bonds. The first-order chi connectivity index (χ1) is 10.0. The van der Waals surface area contributed by atoms with E-state index in [1.165, 1.54) is 24.8 Å². The predicted molar refractivity (Wildman–Crippen MR) is 105 cm³/mol. The fourth-order valence-electron chi connectivity index (χ4n) is 2.68. The van der Waals surface area contributed by atoms with Gasteiger partial charge in [-0.15, -0.1) is 17.0 Å². The number of likely N-dealkylation sites (tertiary alicyclic amines) is 1. The van der Waals surface area contributed by atoms with E-state index in [1.54, 1.807) is 6.92 Å². The summed E-state index contributed by atoms with van der Waals surface area (Å²) in [5, 5.41) is 8.85. The van der Waals surface area contributed by atoms with Crippen molar-refractivity contribution in [1.29, 1.82) is 5.41 Å². The first-order valence-electron chi connectivity index (χ1n) is 7.75. The molecule has 5 heteroatoms. The molecule has 0 spiro atoms. The Kier molecular flexibility index (Phi) is 7.49. The number of anilines is 1. The summed E-state index contributed by atoms with van der Waals surface area (Å²) in [6.07, 6.45) is 3.67. The van der Waals surface area contributed by atoms with Gasteiger partial charge in [-0.2, -0.15) is 0 Å². The van der Waals surface area contributed by atoms with Crippen molar-refractivity contribution in [2.45, 2.75) is 46.0 Å². The zero-order chi connectivity index (χ0) is 15.4. The SMILES string of the molecule is Br.CC(=N)N(C(=S)N1CCCCC1)c1ccc(C(C)C)cc1. The first kappa shape index (κ1) is 19.1. The Morgan fingerprint density at radius 3 is 2.14 bits per heavy atom. The quantitative estimate of drug-likeness (QED) is 0.444. The molecule has 1 aromatic carbocycles. The highest BCUT2D eigenvalue weighted by atomic mass is 79.9. The van der Waals surface area contributed by atoms with Gasteiger partial charge in [0.15, 0.2) is 5.11 Å². The number of halogens is 1. The smallest absolute Gasteiger partial charge is 0.181 e. The summed E-state index contributed by atoms with van der Waals surface area (Å²) in [6, 6.07) is 8.41. The van der Waals surface area contributed by atoms with Gasteiger partial charge < -0.3 is 4.90 Å². The Bertz CT molecular complexity index is 507. The third kappa shape index (κ3) is 4.53. The van der Waals surface area contributed by atoms with E-state index in [0.717, 1.165) is 23.9 Å². The Hall–Kier alpha value is -0.940. The zero-order valence-electron chi connectivity index (χ0n) is 13.6. The highest BCUT2D eigenvalue weighted by Crippen LogP contribution is 2.22. The third-order valence-electron chi connectivity index (χ3n) is 3.97. The van der Waals surface area contributed by atoms with Gasteiger partial charge in [0.1, 0.15) is 5.84 Å². The molecule has 3 nitrogen and oxygen atoms in total. The standard InChI is InChI=1S/C17H25N3S.BrH/c1-13(2)15-7-9-16(10-8-15)20(14(3)18)17(21)19-11-5-4-6-12-19;/h7-10,13,18H,4-6,11-12H2,1-3H3;1H. The van der Waals surface area contributed by atoms with E-state index < -0.39 is 0 Å². The maximum absolute atomic E-state index is 8.09. The molecule has 0 unspecified atom stereocenters. The molecular formula is C17H26BrN3S. The second-order valence-corrected chi connectivity index (χ2v) is 6.36. The third-order valence-corrected chi connectivity index (χ3v) is 4.41. The summed E-state index contributed by atoms with van der Waals surface area (Å²) < 4.78 is 0. The van der Waals surface area contributed by atoms with E-state index >= 15 is 0 Å². The van der Waals surface area contributed by atoms with Crippen molar-refractivity contribution >= 4 is 45.8 Å². The van der Waals surface area contributed by atoms with Gasteiger partial charge in [0.05, 0.1) is 0 Å². The molecule has 1 aliphatic rings. The average Bonchev–Trinajstić information content (AvgIpc) is 2.48. The van der Waals surface area contributed by atoms with Gasteiger partial charge in [-0.1, -0.05) is 26.0 Å². The second-order valence-electron chi connectivity index (χ2n) is 6.00. The number of amidine groups is 1. The van der Waals surface area contributed by atoms with Crippen LogP contribution in [0, 0.1) is 5.41 Å². The number of piperidine rings is 1. The largest absolute Gasteiger partial charge is 0.349 e. The summed E-state index contributed by atoms with van der Waals surface area (Å²) in [5.74, 6) is 0.991. The van der Waals surface area contributed by atoms with Crippen molar-refractivity contribution in [3.63, 3.8) is 0 Å². The molecule has 0 aliphatic carbocycles. The summed E-state index contributed by atoms with van der Waals surface area (Å²) in [5.41, 5.74) is 2.30. The van der Waals surface area contributed by atoms with Gasteiger partial charge in [-0.05, 0) is 62.0 Å². The van der Waals surface area contributed by atoms with Gasteiger partial charge in [0.2, 0.25) is 0 Å². The van der Waals surface area contributed by atoms with Crippen molar-refractivity contribution in [3.05, 3.63) is 29.8 Å². The molecule has 0 radical (unpaired) electrons. The molecule has 0 atom stereocenters. The van der Waals surface area contributed by atoms with Crippen molar-refractivity contribution < 1.29 is 0 Å². The fraction of sp³-hybridized carbons (Fsp3) is 0.529. The lowest BCUT2D eigenvalue weighted by Crippen LogP contribution is -2.47. The van der Waals surface area contributed by atoms with Crippen molar-refractivity contribution in [2.24, 2.45) is 0 Å². The topological polar surface area (TPSA) is 30.3 Å². The van der Waals surface area contributed by atoms with Crippen molar-refractivity contribution in [1.82, 2.24) is 4.90 Å². The fourth-order valence-corrected chi connectivity index (χ4v) is 3.11. The van der Waals surface area contributed by atoms with Crippen LogP contribution in [0.15, 0.2) is 24.3 Å². The van der Waals surface area contributed by atoms with E-state index in [9.17, 15) is 0 Å². The number of hydrogen-bond donors (Lipinski definition) is 1. The monoisotopic (exact) mass is 383 g/mol. The minimum absolute atomic E-state index is 0. The van der Waals surface area contributed by atoms with Gasteiger partial charge in [-0.3, -0.25) is 10.3 Å². The predicted octanol–water partition coefficient (Wildman–Crippen LogP) is 4.96. The van der Waals surface area contributed by atoms with Crippen LogP contribution in [0.3, 0.4) is 0 Å². The molecule has 2 rings (SSSR count). The van der Waals surface area contributed by atoms with Crippen molar-refractivity contribution in [3.8, 4) is 0 Å². The lowest BCUT2D eigenvalue weighted by Gasteiger charge is -2.35. The molecule has 1 saturated heterocycles. The van der Waals surface area contributed by atoms with Crippen LogP contribution in [-0.4, -0.2) is 28.9 Å². The minimum atomic E-state index is 0. The van der Waals surface area contributed by atoms with Crippen LogP contribution in [-0.2, 0) is 0 Å². The van der Waals surface area contributed by atoms with E-state index in [0.29, 0.717) is 11.8 Å². The second kappa shape index (κ2) is 8.63. The highest BCUT2D eigenvalue weighted by Gasteiger charge is 2.21. The lowest BCUT2D eigenvalue weighted by atomic mass is 10.0. The lowest BCUT2D eigenvalue weighted by molar-refractivity contribution is 0.344. The summed E-state index contributed by atoms with van der Waals surface area (Å²) >= 11 is 5.65. The summed E-state index contributed by atoms with van der Waals surface area (Å²) in [7, 11) is 0. The Balaban J connectivity index is 0.00000242. The molecule has 1 aliphatic heterocycles. The zero-order valence-corrected chi connectivity index (χ0v) is 16.2. The number of thiocarbonyl (C=S) groups is 1. The molecule has 1 N–H and O–H groups in total. The Labute approximate surface area is 150 Å². The Morgan fingerprint density at radius 1 is 1.14 bits per heavy atom. The average molecular weight is 384 g/mol. The Morgan fingerprint density at radius 2 is 1.68 bits per heavy atom. The van der Waals surface area contributed by atoms with E-state index in [1.807, 2.05) is 4.90 Å². The molecule has 0 bridgehead atoms. The van der Waals surface area contributed by atoms with Crippen LogP contribution in [0.5, 0.6) is 0 Å². The summed E-state index contributed by atoms with van der Waals surface area (Å²) in [6.45, 7) is 8.19. The van der Waals surface area contributed by atoms with Gasteiger partial charge in [0.25, 0.3) is 0 Å². The molecule has 122 valence electrons. The maximum Gasteiger partial charge on any atom is 0.181 e. The molecule has 22 heavy (non-hydrogen) atoms. The highest BCUT2D eigenvalue weighted by molar-refractivity contribution is 8.93. The number of hydrogen-bond acceptors (Lipinski definition) is 2. The van der Waals surface area contributed by atoms with E-state index in [4.69, 9.17) is 17.6 Å². The number of benzene rings is 1. The van der Waals surface area contributed by atoms with Crippen molar-refractivity contribution in [2.75, 3.05) is 18.0 Å². The maximum atomic E-state index is 8.09. The first-order valence-corrected chi connectivity index (χ1v) is 8.15. The number of nitrogens with one attached hydrogen (secondary N) is 1. The molecule has 1 heterocycles. The van der Waals surface area contributed by atoms with E-state index in [-0.39, 0.29) is 17.0 Å². The van der Waals surface area contributed by atoms with Crippen LogP contribution in [0.2, 0.25) is 0 Å². The van der Waals surface area contributed by atoms with Crippen LogP contribution in [0.25, 0.3) is 0 Å². The van der Waals surface area contributed by atoms with Crippen LogP contribution < -0.4 is 4.90 Å². The molecule has 0 aromatic heterocycles. The molecular weight excluding hydrogens is 358 g/mol. The molecule has 1 fully saturated rings.